The largest absolute Gasteiger partial charge is 0.463 e. The molecule has 1 saturated heterocycles. The van der Waals surface area contributed by atoms with Gasteiger partial charge in [-0.1, -0.05) is 6.42 Å². The van der Waals surface area contributed by atoms with Crippen LogP contribution in [0.4, 0.5) is 0 Å². The SMILES string of the molecule is CCNC(=NCC(C)(O)c1ccc(C)o1)NCCN1CCCCC1C.I. The van der Waals surface area contributed by atoms with Gasteiger partial charge >= 0.3 is 0 Å². The average molecular weight is 478 g/mol. The summed E-state index contributed by atoms with van der Waals surface area (Å²) in [6.07, 6.45) is 3.93. The van der Waals surface area contributed by atoms with Crippen LogP contribution in [0.3, 0.4) is 0 Å². The van der Waals surface area contributed by atoms with E-state index in [0.717, 1.165) is 31.4 Å². The van der Waals surface area contributed by atoms with Gasteiger partial charge in [-0.05, 0) is 59.2 Å². The summed E-state index contributed by atoms with van der Waals surface area (Å²) >= 11 is 0. The second-order valence-corrected chi connectivity index (χ2v) is 7.19. The van der Waals surface area contributed by atoms with Gasteiger partial charge in [0.25, 0.3) is 0 Å². The first-order valence-electron chi connectivity index (χ1n) is 9.48. The van der Waals surface area contributed by atoms with Crippen LogP contribution in [0.5, 0.6) is 0 Å². The predicted molar refractivity (Wildman–Crippen MR) is 117 cm³/mol. The Morgan fingerprint density at radius 3 is 2.77 bits per heavy atom. The molecule has 0 saturated carbocycles. The van der Waals surface area contributed by atoms with E-state index in [1.54, 1.807) is 6.92 Å². The molecular weight excluding hydrogens is 443 g/mol. The Balaban J connectivity index is 0.00000338. The fourth-order valence-electron chi connectivity index (χ4n) is 3.18. The Bertz CT molecular complexity index is 559. The summed E-state index contributed by atoms with van der Waals surface area (Å²) in [5, 5.41) is 17.2. The average Bonchev–Trinajstić information content (AvgIpc) is 3.02. The number of hydrogen-bond donors (Lipinski definition) is 3. The van der Waals surface area contributed by atoms with E-state index in [0.29, 0.717) is 11.8 Å². The number of aliphatic hydroxyl groups is 1. The molecule has 0 spiro atoms. The van der Waals surface area contributed by atoms with Gasteiger partial charge in [0, 0.05) is 25.7 Å². The number of likely N-dealkylation sites (tertiary alicyclic amines) is 1. The third-order valence-electron chi connectivity index (χ3n) is 4.79. The van der Waals surface area contributed by atoms with E-state index in [1.807, 2.05) is 26.0 Å². The highest BCUT2D eigenvalue weighted by Crippen LogP contribution is 2.23. The number of nitrogens with zero attached hydrogens (tertiary/aromatic N) is 2. The van der Waals surface area contributed by atoms with Crippen LogP contribution in [0.15, 0.2) is 21.5 Å². The van der Waals surface area contributed by atoms with Crippen molar-refractivity contribution in [2.45, 2.75) is 58.6 Å². The number of rotatable bonds is 7. The number of guanidine groups is 1. The monoisotopic (exact) mass is 478 g/mol. The van der Waals surface area contributed by atoms with Crippen molar-refractivity contribution in [3.8, 4) is 0 Å². The molecule has 150 valence electrons. The number of aryl methyl sites for hydroxylation is 1. The Morgan fingerprint density at radius 2 is 2.15 bits per heavy atom. The van der Waals surface area contributed by atoms with Gasteiger partial charge < -0.3 is 20.2 Å². The summed E-state index contributed by atoms with van der Waals surface area (Å²) in [4.78, 5) is 7.07. The minimum Gasteiger partial charge on any atom is -0.463 e. The highest BCUT2D eigenvalue weighted by molar-refractivity contribution is 14.0. The third kappa shape index (κ3) is 7.08. The minimum absolute atomic E-state index is 0. The van der Waals surface area contributed by atoms with Gasteiger partial charge in [-0.3, -0.25) is 4.90 Å². The summed E-state index contributed by atoms with van der Waals surface area (Å²) in [5.74, 6) is 2.07. The summed E-state index contributed by atoms with van der Waals surface area (Å²) in [7, 11) is 0. The van der Waals surface area contributed by atoms with Crippen LogP contribution < -0.4 is 10.6 Å². The Kier molecular flexibility index (Phi) is 9.95. The van der Waals surface area contributed by atoms with Crippen LogP contribution in [0.25, 0.3) is 0 Å². The molecule has 26 heavy (non-hydrogen) atoms. The lowest BCUT2D eigenvalue weighted by Crippen LogP contribution is -2.45. The van der Waals surface area contributed by atoms with Crippen molar-refractivity contribution in [1.29, 1.82) is 0 Å². The highest BCUT2D eigenvalue weighted by atomic mass is 127. The van der Waals surface area contributed by atoms with E-state index in [-0.39, 0.29) is 30.5 Å². The summed E-state index contributed by atoms with van der Waals surface area (Å²) in [6, 6.07) is 4.33. The standard InChI is InChI=1S/C19H34N4O2.HI/c1-5-20-18(21-11-13-23-12-7-6-8-15(23)2)22-14-19(4,24)17-10-9-16(3)25-17;/h9-10,15,24H,5-8,11-14H2,1-4H3,(H2,20,21,22);1H. The Labute approximate surface area is 174 Å². The van der Waals surface area contributed by atoms with Crippen molar-refractivity contribution in [3.05, 3.63) is 23.7 Å². The van der Waals surface area contributed by atoms with Gasteiger partial charge in [0.15, 0.2) is 5.96 Å². The second-order valence-electron chi connectivity index (χ2n) is 7.19. The lowest BCUT2D eigenvalue weighted by atomic mass is 10.0. The van der Waals surface area contributed by atoms with E-state index in [2.05, 4.69) is 27.4 Å². The van der Waals surface area contributed by atoms with E-state index in [9.17, 15) is 5.11 Å². The molecule has 0 aromatic carbocycles. The van der Waals surface area contributed by atoms with Gasteiger partial charge in [-0.25, -0.2) is 4.99 Å². The molecule has 1 aliphatic heterocycles. The topological polar surface area (TPSA) is 73.0 Å². The Morgan fingerprint density at radius 1 is 1.38 bits per heavy atom. The van der Waals surface area contributed by atoms with Gasteiger partial charge in [0.2, 0.25) is 0 Å². The van der Waals surface area contributed by atoms with Crippen molar-refractivity contribution in [2.75, 3.05) is 32.7 Å². The van der Waals surface area contributed by atoms with E-state index < -0.39 is 5.60 Å². The zero-order chi connectivity index (χ0) is 18.3. The summed E-state index contributed by atoms with van der Waals surface area (Å²) in [5.41, 5.74) is -1.11. The summed E-state index contributed by atoms with van der Waals surface area (Å²) < 4.78 is 5.55. The van der Waals surface area contributed by atoms with Gasteiger partial charge in [0.1, 0.15) is 17.1 Å². The van der Waals surface area contributed by atoms with Crippen LogP contribution in [0, 0.1) is 6.92 Å². The second kappa shape index (κ2) is 11.1. The van der Waals surface area contributed by atoms with Crippen LogP contribution >= 0.6 is 24.0 Å². The zero-order valence-electron chi connectivity index (χ0n) is 16.5. The molecule has 7 heteroatoms. The molecule has 2 unspecified atom stereocenters. The molecule has 0 bridgehead atoms. The first-order valence-corrected chi connectivity index (χ1v) is 9.48. The quantitative estimate of drug-likeness (QED) is 0.320. The van der Waals surface area contributed by atoms with Crippen molar-refractivity contribution < 1.29 is 9.52 Å². The number of aliphatic imine (C=N–C) groups is 1. The first kappa shape index (κ1) is 23.2. The number of halogens is 1. The Hall–Kier alpha value is -0.800. The number of nitrogens with one attached hydrogen (secondary N) is 2. The van der Waals surface area contributed by atoms with E-state index in [1.165, 1.54) is 25.8 Å². The predicted octanol–water partition coefficient (Wildman–Crippen LogP) is 2.84. The molecule has 2 atom stereocenters. The maximum absolute atomic E-state index is 10.6. The molecule has 0 amide bonds. The molecule has 6 nitrogen and oxygen atoms in total. The fraction of sp³-hybridized carbons (Fsp3) is 0.737. The highest BCUT2D eigenvalue weighted by Gasteiger charge is 2.26. The molecule has 1 fully saturated rings. The molecule has 3 N–H and O–H groups in total. The first-order chi connectivity index (χ1) is 11.9. The minimum atomic E-state index is -1.11. The smallest absolute Gasteiger partial charge is 0.191 e. The van der Waals surface area contributed by atoms with Crippen LogP contribution in [-0.4, -0.2) is 54.7 Å². The number of hydrogen-bond acceptors (Lipinski definition) is 4. The number of furan rings is 1. The van der Waals surface area contributed by atoms with Crippen LogP contribution in [-0.2, 0) is 5.60 Å². The van der Waals surface area contributed by atoms with E-state index >= 15 is 0 Å². The normalized spacial score (nSPS) is 21.0. The van der Waals surface area contributed by atoms with Gasteiger partial charge in [-0.15, -0.1) is 24.0 Å². The fourth-order valence-corrected chi connectivity index (χ4v) is 3.18. The summed E-state index contributed by atoms with van der Waals surface area (Å²) in [6.45, 7) is 12.0. The molecule has 1 aromatic rings. The molecule has 1 aromatic heterocycles. The van der Waals surface area contributed by atoms with E-state index in [4.69, 9.17) is 4.42 Å². The van der Waals surface area contributed by atoms with Crippen molar-refractivity contribution in [3.63, 3.8) is 0 Å². The van der Waals surface area contributed by atoms with Crippen molar-refractivity contribution in [2.24, 2.45) is 4.99 Å². The maximum Gasteiger partial charge on any atom is 0.191 e. The molecule has 2 heterocycles. The van der Waals surface area contributed by atoms with Crippen LogP contribution in [0.1, 0.15) is 51.6 Å². The maximum atomic E-state index is 10.6. The lowest BCUT2D eigenvalue weighted by molar-refractivity contribution is 0.0428. The lowest BCUT2D eigenvalue weighted by Gasteiger charge is -2.33. The zero-order valence-corrected chi connectivity index (χ0v) is 18.9. The molecule has 0 aliphatic carbocycles. The van der Waals surface area contributed by atoms with Crippen LogP contribution in [0.2, 0.25) is 0 Å². The van der Waals surface area contributed by atoms with Gasteiger partial charge in [0.05, 0.1) is 6.54 Å². The number of piperidine rings is 1. The third-order valence-corrected chi connectivity index (χ3v) is 4.79. The molecule has 1 aliphatic rings. The molecule has 2 rings (SSSR count). The van der Waals surface area contributed by atoms with Crippen molar-refractivity contribution in [1.82, 2.24) is 15.5 Å². The van der Waals surface area contributed by atoms with Gasteiger partial charge in [-0.2, -0.15) is 0 Å². The molecular formula is C19H35IN4O2. The molecule has 0 radical (unpaired) electrons. The van der Waals surface area contributed by atoms with Crippen molar-refractivity contribution >= 4 is 29.9 Å².